The van der Waals surface area contributed by atoms with E-state index in [1.165, 1.54) is 0 Å². The highest BCUT2D eigenvalue weighted by atomic mass is 35.5. The van der Waals surface area contributed by atoms with Gasteiger partial charge in [-0.3, -0.25) is 0 Å². The van der Waals surface area contributed by atoms with E-state index in [0.717, 1.165) is 6.07 Å². The van der Waals surface area contributed by atoms with Crippen LogP contribution in [0.1, 0.15) is 12.0 Å². The number of sulfonamides is 1. The topological polar surface area (TPSA) is 70.0 Å². The van der Waals surface area contributed by atoms with Crippen molar-refractivity contribution in [3.63, 3.8) is 0 Å². The molecule has 0 saturated heterocycles. The predicted octanol–water partition coefficient (Wildman–Crippen LogP) is 2.55. The first kappa shape index (κ1) is 15.8. The Labute approximate surface area is 112 Å². The Hall–Kier alpha value is -1.30. The number of alkyl halides is 3. The van der Waals surface area contributed by atoms with E-state index in [-0.39, 0.29) is 13.0 Å². The number of nitriles is 1. The van der Waals surface area contributed by atoms with Gasteiger partial charge < -0.3 is 0 Å². The zero-order valence-corrected chi connectivity index (χ0v) is 10.9. The molecule has 9 heteroatoms. The highest BCUT2D eigenvalue weighted by molar-refractivity contribution is 7.89. The molecule has 0 aliphatic rings. The van der Waals surface area contributed by atoms with Gasteiger partial charge in [-0.1, -0.05) is 11.6 Å². The Balaban J connectivity index is 3.07. The average molecular weight is 313 g/mol. The fourth-order valence-electron chi connectivity index (χ4n) is 1.21. The van der Waals surface area contributed by atoms with Gasteiger partial charge >= 0.3 is 6.18 Å². The molecule has 0 aliphatic carbocycles. The summed E-state index contributed by atoms with van der Waals surface area (Å²) in [7, 11) is -4.03. The summed E-state index contributed by atoms with van der Waals surface area (Å²) in [5.74, 6) is 0. The summed E-state index contributed by atoms with van der Waals surface area (Å²) in [6.07, 6.45) is -4.66. The van der Waals surface area contributed by atoms with Gasteiger partial charge in [0.05, 0.1) is 16.7 Å². The first-order valence-electron chi connectivity index (χ1n) is 4.92. The first-order chi connectivity index (χ1) is 8.68. The summed E-state index contributed by atoms with van der Waals surface area (Å²) in [4.78, 5) is -0.458. The van der Waals surface area contributed by atoms with E-state index in [1.54, 1.807) is 6.07 Å². The lowest BCUT2D eigenvalue weighted by Crippen LogP contribution is -2.25. The Morgan fingerprint density at radius 2 is 2.00 bits per heavy atom. The van der Waals surface area contributed by atoms with Gasteiger partial charge in [0.2, 0.25) is 10.0 Å². The van der Waals surface area contributed by atoms with Gasteiger partial charge in [0.25, 0.3) is 0 Å². The molecule has 1 aromatic carbocycles. The molecule has 1 N–H and O–H groups in total. The van der Waals surface area contributed by atoms with Gasteiger partial charge in [-0.25, -0.2) is 13.1 Å². The Bertz CT molecular complexity index is 608. The van der Waals surface area contributed by atoms with E-state index in [2.05, 4.69) is 4.72 Å². The molecule has 0 bridgehead atoms. The smallest absolute Gasteiger partial charge is 0.210 e. The molecule has 1 aromatic rings. The van der Waals surface area contributed by atoms with Crippen LogP contribution >= 0.6 is 11.6 Å². The van der Waals surface area contributed by atoms with Gasteiger partial charge in [0.15, 0.2) is 0 Å². The van der Waals surface area contributed by atoms with E-state index in [4.69, 9.17) is 16.9 Å². The van der Waals surface area contributed by atoms with Crippen molar-refractivity contribution in [1.82, 2.24) is 4.72 Å². The minimum absolute atomic E-state index is 0.0581. The molecule has 0 fully saturated rings. The SMILES string of the molecule is N#CCCNS(=O)(=O)c1ccc(C(F)(F)F)cc1Cl. The van der Waals surface area contributed by atoms with Gasteiger partial charge in [0, 0.05) is 13.0 Å². The lowest BCUT2D eigenvalue weighted by molar-refractivity contribution is -0.137. The molecule has 1 rings (SSSR count). The molecular formula is C10H8ClF3N2O2S. The minimum atomic E-state index is -4.60. The number of nitrogens with zero attached hydrogens (tertiary/aromatic N) is 1. The van der Waals surface area contributed by atoms with Gasteiger partial charge in [-0.2, -0.15) is 18.4 Å². The number of hydrogen-bond donors (Lipinski definition) is 1. The number of nitrogens with one attached hydrogen (secondary N) is 1. The van der Waals surface area contributed by atoms with Crippen molar-refractivity contribution >= 4 is 21.6 Å². The quantitative estimate of drug-likeness (QED) is 0.869. The van der Waals surface area contributed by atoms with E-state index in [0.29, 0.717) is 12.1 Å². The zero-order valence-electron chi connectivity index (χ0n) is 9.33. The van der Waals surface area contributed by atoms with Gasteiger partial charge in [-0.05, 0) is 18.2 Å². The molecule has 0 radical (unpaired) electrons. The highest BCUT2D eigenvalue weighted by Crippen LogP contribution is 2.33. The predicted molar refractivity (Wildman–Crippen MR) is 61.9 cm³/mol. The molecule has 0 aliphatic heterocycles. The van der Waals surface area contributed by atoms with Crippen LogP contribution in [0.15, 0.2) is 23.1 Å². The number of hydrogen-bond acceptors (Lipinski definition) is 3. The van der Waals surface area contributed by atoms with E-state index < -0.39 is 31.7 Å². The molecule has 0 spiro atoms. The third-order valence-corrected chi connectivity index (χ3v) is 4.02. The number of halogens is 4. The summed E-state index contributed by atoms with van der Waals surface area (Å²) in [5.41, 5.74) is -1.03. The van der Waals surface area contributed by atoms with E-state index in [1.807, 2.05) is 0 Å². The van der Waals surface area contributed by atoms with Gasteiger partial charge in [-0.15, -0.1) is 0 Å². The van der Waals surface area contributed by atoms with Crippen LogP contribution in [-0.4, -0.2) is 15.0 Å². The summed E-state index contributed by atoms with van der Waals surface area (Å²) in [6.45, 7) is -0.143. The molecule has 0 atom stereocenters. The van der Waals surface area contributed by atoms with Crippen molar-refractivity contribution in [1.29, 1.82) is 5.26 Å². The fraction of sp³-hybridized carbons (Fsp3) is 0.300. The summed E-state index contributed by atoms with van der Waals surface area (Å²) >= 11 is 5.55. The van der Waals surface area contributed by atoms with Crippen molar-refractivity contribution in [3.05, 3.63) is 28.8 Å². The monoisotopic (exact) mass is 312 g/mol. The average Bonchev–Trinajstić information content (AvgIpc) is 2.27. The third kappa shape index (κ3) is 4.09. The molecular weight excluding hydrogens is 305 g/mol. The molecule has 104 valence electrons. The summed E-state index contributed by atoms with van der Waals surface area (Å²) in [6, 6.07) is 3.68. The Morgan fingerprint density at radius 3 is 2.47 bits per heavy atom. The lowest BCUT2D eigenvalue weighted by atomic mass is 10.2. The molecule has 4 nitrogen and oxygen atoms in total. The number of rotatable bonds is 4. The second-order valence-electron chi connectivity index (χ2n) is 3.45. The maximum absolute atomic E-state index is 12.4. The molecule has 0 saturated carbocycles. The largest absolute Gasteiger partial charge is 0.416 e. The maximum Gasteiger partial charge on any atom is 0.416 e. The summed E-state index contributed by atoms with van der Waals surface area (Å²) in [5, 5.41) is 7.75. The number of benzene rings is 1. The van der Waals surface area contributed by atoms with Crippen LogP contribution in [0.4, 0.5) is 13.2 Å². The van der Waals surface area contributed by atoms with Crippen LogP contribution < -0.4 is 4.72 Å². The van der Waals surface area contributed by atoms with Crippen LogP contribution in [0.3, 0.4) is 0 Å². The lowest BCUT2D eigenvalue weighted by Gasteiger charge is -2.10. The molecule has 0 aromatic heterocycles. The first-order valence-corrected chi connectivity index (χ1v) is 6.78. The third-order valence-electron chi connectivity index (χ3n) is 2.08. The maximum atomic E-state index is 12.4. The van der Waals surface area contributed by atoms with Crippen LogP contribution in [0.2, 0.25) is 5.02 Å². The molecule has 19 heavy (non-hydrogen) atoms. The van der Waals surface area contributed by atoms with Crippen molar-refractivity contribution in [3.8, 4) is 6.07 Å². The highest BCUT2D eigenvalue weighted by Gasteiger charge is 2.32. The van der Waals surface area contributed by atoms with Crippen molar-refractivity contribution < 1.29 is 21.6 Å². The second kappa shape index (κ2) is 5.77. The minimum Gasteiger partial charge on any atom is -0.210 e. The van der Waals surface area contributed by atoms with E-state index in [9.17, 15) is 21.6 Å². The van der Waals surface area contributed by atoms with Crippen LogP contribution in [0, 0.1) is 11.3 Å². The standard InChI is InChI=1S/C10H8ClF3N2O2S/c11-8-6-7(10(12,13)14)2-3-9(8)19(17,18)16-5-1-4-15/h2-3,6,16H,1,5H2. The van der Waals surface area contributed by atoms with Crippen LogP contribution in [0.5, 0.6) is 0 Å². The van der Waals surface area contributed by atoms with E-state index >= 15 is 0 Å². The van der Waals surface area contributed by atoms with Crippen LogP contribution in [0.25, 0.3) is 0 Å². The second-order valence-corrected chi connectivity index (χ2v) is 5.59. The van der Waals surface area contributed by atoms with Crippen molar-refractivity contribution in [2.24, 2.45) is 0 Å². The Morgan fingerprint density at radius 1 is 1.37 bits per heavy atom. The van der Waals surface area contributed by atoms with Crippen molar-refractivity contribution in [2.45, 2.75) is 17.5 Å². The van der Waals surface area contributed by atoms with Gasteiger partial charge in [0.1, 0.15) is 4.90 Å². The Kier molecular flexibility index (Phi) is 4.79. The summed E-state index contributed by atoms with van der Waals surface area (Å²) < 4.78 is 62.6. The molecule has 0 amide bonds. The fourth-order valence-corrected chi connectivity index (χ4v) is 2.79. The normalized spacial score (nSPS) is 12.2. The van der Waals surface area contributed by atoms with Crippen molar-refractivity contribution in [2.75, 3.05) is 6.54 Å². The molecule has 0 unspecified atom stereocenters. The zero-order chi connectivity index (χ0) is 14.7. The van der Waals surface area contributed by atoms with Crippen LogP contribution in [-0.2, 0) is 16.2 Å². The molecule has 0 heterocycles.